The van der Waals surface area contributed by atoms with Gasteiger partial charge in [-0.15, -0.1) is 11.3 Å². The Balaban J connectivity index is 2.36. The molecular weight excluding hydrogens is 224 g/mol. The minimum absolute atomic E-state index is 0.736. The van der Waals surface area contributed by atoms with Gasteiger partial charge in [0.25, 0.3) is 0 Å². The maximum atomic E-state index is 2.41. The highest BCUT2D eigenvalue weighted by molar-refractivity contribution is 7.17. The number of rotatable bonds is 4. The molecule has 0 amide bonds. The van der Waals surface area contributed by atoms with E-state index >= 15 is 0 Å². The van der Waals surface area contributed by atoms with Gasteiger partial charge in [0, 0.05) is 4.70 Å². The molecule has 1 aromatic heterocycles. The van der Waals surface area contributed by atoms with Gasteiger partial charge in [0.15, 0.2) is 0 Å². The largest absolute Gasteiger partial charge is 0.144 e. The van der Waals surface area contributed by atoms with Crippen LogP contribution in [-0.4, -0.2) is 0 Å². The summed E-state index contributed by atoms with van der Waals surface area (Å²) in [6.45, 7) is 9.16. The molecule has 0 unspecified atom stereocenters. The summed E-state index contributed by atoms with van der Waals surface area (Å²) in [5.41, 5.74) is 3.02. The molecule has 0 saturated carbocycles. The molecule has 2 aromatic rings. The predicted molar refractivity (Wildman–Crippen MR) is 78.9 cm³/mol. The average molecular weight is 246 g/mol. The van der Waals surface area contributed by atoms with Gasteiger partial charge in [0.1, 0.15) is 0 Å². The van der Waals surface area contributed by atoms with Gasteiger partial charge in [-0.2, -0.15) is 0 Å². The van der Waals surface area contributed by atoms with Crippen LogP contribution < -0.4 is 0 Å². The Kier molecular flexibility index (Phi) is 3.88. The molecule has 0 nitrogen and oxygen atoms in total. The number of benzene rings is 1. The molecule has 1 aromatic carbocycles. The summed E-state index contributed by atoms with van der Waals surface area (Å²) in [4.78, 5) is 0. The first kappa shape index (κ1) is 12.6. The van der Waals surface area contributed by atoms with Crippen LogP contribution in [0.1, 0.15) is 38.8 Å². The Bertz CT molecular complexity index is 491. The maximum absolute atomic E-state index is 2.41. The van der Waals surface area contributed by atoms with Crippen LogP contribution in [0, 0.1) is 11.8 Å². The van der Waals surface area contributed by atoms with E-state index in [1.165, 1.54) is 34.1 Å². The molecule has 0 spiro atoms. The fraction of sp³-hybridized carbons (Fsp3) is 0.500. The molecule has 0 atom stereocenters. The Hall–Kier alpha value is -0.820. The number of hydrogen-bond acceptors (Lipinski definition) is 1. The van der Waals surface area contributed by atoms with E-state index in [9.17, 15) is 0 Å². The molecule has 0 aliphatic rings. The predicted octanol–water partition coefficient (Wildman–Crippen LogP) is 5.30. The highest BCUT2D eigenvalue weighted by atomic mass is 32.1. The van der Waals surface area contributed by atoms with Gasteiger partial charge in [-0.1, -0.05) is 39.8 Å². The van der Waals surface area contributed by atoms with E-state index in [4.69, 9.17) is 0 Å². The maximum Gasteiger partial charge on any atom is 0.0345 e. The van der Waals surface area contributed by atoms with Gasteiger partial charge >= 0.3 is 0 Å². The molecule has 92 valence electrons. The van der Waals surface area contributed by atoms with Crippen LogP contribution in [0.4, 0.5) is 0 Å². The second-order valence-electron chi connectivity index (χ2n) is 5.79. The fourth-order valence-corrected chi connectivity index (χ4v) is 3.28. The van der Waals surface area contributed by atoms with E-state index in [0.717, 1.165) is 11.8 Å². The van der Waals surface area contributed by atoms with Gasteiger partial charge in [-0.05, 0) is 52.6 Å². The van der Waals surface area contributed by atoms with E-state index in [2.05, 4.69) is 51.3 Å². The molecular formula is C16H22S. The number of fused-ring (bicyclic) bond motifs is 1. The van der Waals surface area contributed by atoms with E-state index in [0.29, 0.717) is 0 Å². The fourth-order valence-electron chi connectivity index (χ4n) is 2.33. The van der Waals surface area contributed by atoms with Gasteiger partial charge in [-0.3, -0.25) is 0 Å². The van der Waals surface area contributed by atoms with Crippen molar-refractivity contribution in [3.63, 3.8) is 0 Å². The lowest BCUT2D eigenvalue weighted by molar-refractivity contribution is 0.646. The molecule has 0 aliphatic heterocycles. The third-order valence-electron chi connectivity index (χ3n) is 2.99. The van der Waals surface area contributed by atoms with Crippen LogP contribution in [-0.2, 0) is 12.8 Å². The summed E-state index contributed by atoms with van der Waals surface area (Å²) in [5.74, 6) is 1.47. The molecule has 1 heterocycles. The van der Waals surface area contributed by atoms with Crippen LogP contribution in [0.5, 0.6) is 0 Å². The number of thiophene rings is 1. The van der Waals surface area contributed by atoms with Crippen molar-refractivity contribution in [1.82, 2.24) is 0 Å². The van der Waals surface area contributed by atoms with Crippen LogP contribution in [0.15, 0.2) is 23.6 Å². The molecule has 0 bridgehead atoms. The van der Waals surface area contributed by atoms with Crippen molar-refractivity contribution >= 4 is 21.4 Å². The summed E-state index contributed by atoms with van der Waals surface area (Å²) in [7, 11) is 0. The molecule has 0 saturated heterocycles. The molecule has 17 heavy (non-hydrogen) atoms. The highest BCUT2D eigenvalue weighted by Gasteiger charge is 2.07. The normalized spacial score (nSPS) is 11.9. The standard InChI is InChI=1S/C16H22S/c1-11(2)7-13-5-6-16-15(9-13)14(10-17-16)8-12(3)4/h5-6,9-12H,7-8H2,1-4H3. The van der Waals surface area contributed by atoms with E-state index in [1.54, 1.807) is 0 Å². The SMILES string of the molecule is CC(C)Cc1ccc2scc(CC(C)C)c2c1. The first-order chi connectivity index (χ1) is 8.06. The zero-order valence-electron chi connectivity index (χ0n) is 11.3. The topological polar surface area (TPSA) is 0 Å². The third kappa shape index (κ3) is 3.10. The van der Waals surface area contributed by atoms with Gasteiger partial charge < -0.3 is 0 Å². The lowest BCUT2D eigenvalue weighted by Crippen LogP contribution is -1.95. The molecule has 1 heteroatoms. The molecule has 0 aliphatic carbocycles. The summed E-state index contributed by atoms with van der Waals surface area (Å²) < 4.78 is 1.44. The minimum atomic E-state index is 0.736. The van der Waals surface area contributed by atoms with Gasteiger partial charge in [-0.25, -0.2) is 0 Å². The Morgan fingerprint density at radius 1 is 1.00 bits per heavy atom. The van der Waals surface area contributed by atoms with Gasteiger partial charge in [0.05, 0.1) is 0 Å². The Morgan fingerprint density at radius 2 is 1.71 bits per heavy atom. The van der Waals surface area contributed by atoms with Crippen LogP contribution in [0.2, 0.25) is 0 Å². The summed E-state index contributed by atoms with van der Waals surface area (Å²) in [6.07, 6.45) is 2.39. The first-order valence-electron chi connectivity index (χ1n) is 6.55. The van der Waals surface area contributed by atoms with Crippen LogP contribution in [0.3, 0.4) is 0 Å². The lowest BCUT2D eigenvalue weighted by atomic mass is 9.98. The second kappa shape index (κ2) is 5.22. The van der Waals surface area contributed by atoms with E-state index < -0.39 is 0 Å². The monoisotopic (exact) mass is 246 g/mol. The molecule has 2 rings (SSSR count). The second-order valence-corrected chi connectivity index (χ2v) is 6.70. The van der Waals surface area contributed by atoms with Crippen molar-refractivity contribution in [1.29, 1.82) is 0 Å². The zero-order valence-corrected chi connectivity index (χ0v) is 12.1. The smallest absolute Gasteiger partial charge is 0.0345 e. The van der Waals surface area contributed by atoms with E-state index in [-0.39, 0.29) is 0 Å². The number of hydrogen-bond donors (Lipinski definition) is 0. The van der Waals surface area contributed by atoms with Crippen LogP contribution in [0.25, 0.3) is 10.1 Å². The zero-order chi connectivity index (χ0) is 12.4. The van der Waals surface area contributed by atoms with Crippen molar-refractivity contribution in [3.8, 4) is 0 Å². The minimum Gasteiger partial charge on any atom is -0.144 e. The average Bonchev–Trinajstić information content (AvgIpc) is 2.59. The van der Waals surface area contributed by atoms with E-state index in [1.807, 2.05) is 11.3 Å². The summed E-state index contributed by atoms with van der Waals surface area (Å²) in [6, 6.07) is 6.99. The van der Waals surface area contributed by atoms with Crippen molar-refractivity contribution in [2.75, 3.05) is 0 Å². The van der Waals surface area contributed by atoms with Crippen molar-refractivity contribution in [2.45, 2.75) is 40.5 Å². The Morgan fingerprint density at radius 3 is 2.35 bits per heavy atom. The molecule has 0 N–H and O–H groups in total. The lowest BCUT2D eigenvalue weighted by Gasteiger charge is -2.07. The van der Waals surface area contributed by atoms with Crippen molar-refractivity contribution in [3.05, 3.63) is 34.7 Å². The van der Waals surface area contributed by atoms with Crippen molar-refractivity contribution in [2.24, 2.45) is 11.8 Å². The third-order valence-corrected chi connectivity index (χ3v) is 4.00. The summed E-state index contributed by atoms with van der Waals surface area (Å²) in [5, 5.41) is 3.82. The quantitative estimate of drug-likeness (QED) is 0.687. The van der Waals surface area contributed by atoms with Gasteiger partial charge in [0.2, 0.25) is 0 Å². The first-order valence-corrected chi connectivity index (χ1v) is 7.43. The van der Waals surface area contributed by atoms with Crippen molar-refractivity contribution < 1.29 is 0 Å². The highest BCUT2D eigenvalue weighted by Crippen LogP contribution is 2.29. The Labute approximate surface area is 109 Å². The molecule has 0 fully saturated rings. The van der Waals surface area contributed by atoms with Crippen LogP contribution >= 0.6 is 11.3 Å². The summed E-state index contributed by atoms with van der Waals surface area (Å²) >= 11 is 1.88. The molecule has 0 radical (unpaired) electrons.